The molecule has 1 saturated heterocycles. The standard InChI is InChI=1S/C22H40N4O4S/c1-5-13-31-22(2,3)18(25-21(29)30-4)20(28)26-12-6-7-17(26)19(27)24-14-15-8-10-16(23)11-9-15/h15-18H,5-14,23H2,1-4H3,(H,24,27)(H,25,29)/t15-,16-,17-,18-/m0/s1. The van der Waals surface area contributed by atoms with Gasteiger partial charge in [0.2, 0.25) is 11.8 Å². The number of hydrogen-bond acceptors (Lipinski definition) is 6. The average molecular weight is 457 g/mol. The first-order valence-corrected chi connectivity index (χ1v) is 12.5. The molecule has 1 aliphatic carbocycles. The maximum absolute atomic E-state index is 13.5. The van der Waals surface area contributed by atoms with E-state index in [1.54, 1.807) is 16.7 Å². The molecule has 1 heterocycles. The molecule has 0 spiro atoms. The summed E-state index contributed by atoms with van der Waals surface area (Å²) in [4.78, 5) is 40.1. The molecule has 2 aliphatic rings. The van der Waals surface area contributed by atoms with Crippen LogP contribution in [0.3, 0.4) is 0 Å². The lowest BCUT2D eigenvalue weighted by Crippen LogP contribution is -2.59. The van der Waals surface area contributed by atoms with Crippen molar-refractivity contribution >= 4 is 29.7 Å². The van der Waals surface area contributed by atoms with Crippen molar-refractivity contribution in [1.29, 1.82) is 0 Å². The van der Waals surface area contributed by atoms with Crippen LogP contribution in [0.15, 0.2) is 0 Å². The lowest BCUT2D eigenvalue weighted by Gasteiger charge is -2.37. The molecule has 3 amide bonds. The zero-order valence-electron chi connectivity index (χ0n) is 19.4. The van der Waals surface area contributed by atoms with Crippen LogP contribution in [0.2, 0.25) is 0 Å². The summed E-state index contributed by atoms with van der Waals surface area (Å²) in [5, 5.41) is 5.79. The van der Waals surface area contributed by atoms with Gasteiger partial charge in [0.05, 0.1) is 7.11 Å². The molecule has 31 heavy (non-hydrogen) atoms. The van der Waals surface area contributed by atoms with Gasteiger partial charge in [-0.3, -0.25) is 9.59 Å². The average Bonchev–Trinajstić information content (AvgIpc) is 3.24. The van der Waals surface area contributed by atoms with Crippen LogP contribution in [-0.2, 0) is 14.3 Å². The number of methoxy groups -OCH3 is 1. The van der Waals surface area contributed by atoms with E-state index in [4.69, 9.17) is 10.5 Å². The second kappa shape index (κ2) is 11.9. The SMILES string of the molecule is CCCSC(C)(C)[C@@H](NC(=O)OC)C(=O)N1CCC[C@H]1C(=O)NC[C@H]1CC[C@H](N)CC1. The van der Waals surface area contributed by atoms with Crippen LogP contribution in [0, 0.1) is 5.92 Å². The molecule has 9 heteroatoms. The van der Waals surface area contributed by atoms with E-state index in [1.165, 1.54) is 7.11 Å². The number of carbonyl (C=O) groups is 3. The molecule has 1 aliphatic heterocycles. The molecule has 0 aromatic heterocycles. The van der Waals surface area contributed by atoms with Gasteiger partial charge in [-0.25, -0.2) is 4.79 Å². The molecule has 2 rings (SSSR count). The molecule has 8 nitrogen and oxygen atoms in total. The number of amides is 3. The van der Waals surface area contributed by atoms with Crippen LogP contribution in [0.4, 0.5) is 4.79 Å². The Morgan fingerprint density at radius 2 is 1.87 bits per heavy atom. The third kappa shape index (κ3) is 7.27. The van der Waals surface area contributed by atoms with E-state index >= 15 is 0 Å². The summed E-state index contributed by atoms with van der Waals surface area (Å²) < 4.78 is 4.23. The van der Waals surface area contributed by atoms with Gasteiger partial charge in [0.1, 0.15) is 12.1 Å². The van der Waals surface area contributed by atoms with E-state index in [2.05, 4.69) is 17.6 Å². The van der Waals surface area contributed by atoms with Crippen molar-refractivity contribution in [1.82, 2.24) is 15.5 Å². The second-order valence-electron chi connectivity index (χ2n) is 9.24. The van der Waals surface area contributed by atoms with Gasteiger partial charge in [0.25, 0.3) is 0 Å². The minimum Gasteiger partial charge on any atom is -0.453 e. The number of rotatable bonds is 9. The van der Waals surface area contributed by atoms with Gasteiger partial charge in [0, 0.05) is 23.9 Å². The van der Waals surface area contributed by atoms with Crippen LogP contribution in [0.5, 0.6) is 0 Å². The van der Waals surface area contributed by atoms with E-state index in [0.29, 0.717) is 25.4 Å². The fourth-order valence-corrected chi connectivity index (χ4v) is 5.44. The highest BCUT2D eigenvalue weighted by atomic mass is 32.2. The lowest BCUT2D eigenvalue weighted by molar-refractivity contribution is -0.140. The Morgan fingerprint density at radius 1 is 1.19 bits per heavy atom. The Labute approximate surface area is 190 Å². The molecule has 2 atom stereocenters. The van der Waals surface area contributed by atoms with Gasteiger partial charge in [0.15, 0.2) is 0 Å². The Balaban J connectivity index is 2.04. The fraction of sp³-hybridized carbons (Fsp3) is 0.864. The number of likely N-dealkylation sites (tertiary alicyclic amines) is 1. The highest BCUT2D eigenvalue weighted by Crippen LogP contribution is 2.32. The Kier molecular flexibility index (Phi) is 9.93. The molecule has 1 saturated carbocycles. The zero-order valence-corrected chi connectivity index (χ0v) is 20.3. The smallest absolute Gasteiger partial charge is 0.407 e. The van der Waals surface area contributed by atoms with Crippen molar-refractivity contribution in [3.05, 3.63) is 0 Å². The van der Waals surface area contributed by atoms with Crippen LogP contribution in [0.1, 0.15) is 65.7 Å². The van der Waals surface area contributed by atoms with Crippen molar-refractivity contribution in [2.24, 2.45) is 11.7 Å². The molecule has 4 N–H and O–H groups in total. The van der Waals surface area contributed by atoms with Crippen molar-refractivity contribution in [3.63, 3.8) is 0 Å². The maximum Gasteiger partial charge on any atom is 0.407 e. The predicted molar refractivity (Wildman–Crippen MR) is 124 cm³/mol. The van der Waals surface area contributed by atoms with Crippen molar-refractivity contribution < 1.29 is 19.1 Å². The van der Waals surface area contributed by atoms with E-state index in [-0.39, 0.29) is 17.9 Å². The van der Waals surface area contributed by atoms with Gasteiger partial charge in [-0.2, -0.15) is 11.8 Å². The van der Waals surface area contributed by atoms with Gasteiger partial charge in [-0.15, -0.1) is 0 Å². The van der Waals surface area contributed by atoms with Crippen LogP contribution in [0.25, 0.3) is 0 Å². The summed E-state index contributed by atoms with van der Waals surface area (Å²) in [5.74, 6) is 0.999. The highest BCUT2D eigenvalue weighted by Gasteiger charge is 2.44. The predicted octanol–water partition coefficient (Wildman–Crippen LogP) is 2.26. The van der Waals surface area contributed by atoms with Gasteiger partial charge in [-0.1, -0.05) is 6.92 Å². The van der Waals surface area contributed by atoms with Gasteiger partial charge in [-0.05, 0) is 70.5 Å². The summed E-state index contributed by atoms with van der Waals surface area (Å²) >= 11 is 1.64. The number of ether oxygens (including phenoxy) is 1. The maximum atomic E-state index is 13.5. The number of nitrogens with two attached hydrogens (primary N) is 1. The Morgan fingerprint density at radius 3 is 2.48 bits per heavy atom. The van der Waals surface area contributed by atoms with Crippen LogP contribution in [-0.4, -0.2) is 71.6 Å². The molecule has 2 fully saturated rings. The molecule has 178 valence electrons. The first kappa shape index (κ1) is 25.8. The lowest BCUT2D eigenvalue weighted by atomic mass is 9.86. The molecule has 0 unspecified atom stereocenters. The fourth-order valence-electron chi connectivity index (χ4n) is 4.38. The van der Waals surface area contributed by atoms with Crippen LogP contribution < -0.4 is 16.4 Å². The topological polar surface area (TPSA) is 114 Å². The minimum atomic E-state index is -0.773. The summed E-state index contributed by atoms with van der Waals surface area (Å²) in [7, 11) is 1.29. The Bertz CT molecular complexity index is 623. The number of alkyl carbamates (subject to hydrolysis) is 1. The third-order valence-electron chi connectivity index (χ3n) is 6.36. The number of nitrogens with one attached hydrogen (secondary N) is 2. The molecule has 0 aromatic rings. The molecule has 0 aromatic carbocycles. The highest BCUT2D eigenvalue weighted by molar-refractivity contribution is 8.00. The number of nitrogens with zero attached hydrogens (tertiary/aromatic N) is 1. The van der Waals surface area contributed by atoms with Crippen molar-refractivity contribution in [2.75, 3.05) is 26.0 Å². The largest absolute Gasteiger partial charge is 0.453 e. The van der Waals surface area contributed by atoms with Gasteiger partial charge < -0.3 is 26.0 Å². The molecule has 0 radical (unpaired) electrons. The monoisotopic (exact) mass is 456 g/mol. The van der Waals surface area contributed by atoms with Crippen LogP contribution >= 0.6 is 11.8 Å². The Hall–Kier alpha value is -1.48. The second-order valence-corrected chi connectivity index (χ2v) is 11.0. The van der Waals surface area contributed by atoms with E-state index in [0.717, 1.165) is 44.3 Å². The first-order chi connectivity index (χ1) is 14.7. The number of hydrogen-bond donors (Lipinski definition) is 3. The van der Waals surface area contributed by atoms with E-state index < -0.39 is 22.9 Å². The summed E-state index contributed by atoms with van der Waals surface area (Å²) in [6, 6.07) is -0.986. The molecule has 0 bridgehead atoms. The molecular weight excluding hydrogens is 416 g/mol. The van der Waals surface area contributed by atoms with E-state index in [1.807, 2.05) is 13.8 Å². The third-order valence-corrected chi connectivity index (χ3v) is 7.95. The first-order valence-electron chi connectivity index (χ1n) is 11.5. The zero-order chi connectivity index (χ0) is 23.0. The summed E-state index contributed by atoms with van der Waals surface area (Å²) in [6.45, 7) is 7.12. The number of carbonyl (C=O) groups excluding carboxylic acids is 3. The minimum absolute atomic E-state index is 0.100. The van der Waals surface area contributed by atoms with Gasteiger partial charge >= 0.3 is 6.09 Å². The molecular formula is C22H40N4O4S. The quantitative estimate of drug-likeness (QED) is 0.490. The van der Waals surface area contributed by atoms with Crippen molar-refractivity contribution in [3.8, 4) is 0 Å². The van der Waals surface area contributed by atoms with Crippen molar-refractivity contribution in [2.45, 2.75) is 88.6 Å². The normalized spacial score (nSPS) is 25.1. The number of thioether (sulfide) groups is 1. The van der Waals surface area contributed by atoms with E-state index in [9.17, 15) is 14.4 Å². The summed E-state index contributed by atoms with van der Waals surface area (Å²) in [6.07, 6.45) is 5.80. The summed E-state index contributed by atoms with van der Waals surface area (Å²) in [5.41, 5.74) is 5.97.